The summed E-state index contributed by atoms with van der Waals surface area (Å²) in [6.07, 6.45) is 8.49. The Bertz CT molecular complexity index is 1070. The molecule has 1 amide bonds. The van der Waals surface area contributed by atoms with E-state index in [1.165, 1.54) is 0 Å². The topological polar surface area (TPSA) is 96.8 Å². The van der Waals surface area contributed by atoms with Gasteiger partial charge in [0, 0.05) is 73.6 Å². The van der Waals surface area contributed by atoms with E-state index in [1.54, 1.807) is 24.8 Å². The lowest BCUT2D eigenvalue weighted by Gasteiger charge is -2.32. The first kappa shape index (κ1) is 21.8. The molecular weight excluding hydrogens is 402 g/mol. The van der Waals surface area contributed by atoms with Crippen LogP contribution in [0.15, 0.2) is 43.0 Å². The van der Waals surface area contributed by atoms with Crippen molar-refractivity contribution in [2.24, 2.45) is 0 Å². The van der Waals surface area contributed by atoms with Crippen molar-refractivity contribution in [2.75, 3.05) is 25.5 Å². The summed E-state index contributed by atoms with van der Waals surface area (Å²) < 4.78 is 0. The van der Waals surface area contributed by atoms with Gasteiger partial charge in [0.2, 0.25) is 0 Å². The fraction of sp³-hybridized carbons (Fsp3) is 0.417. The van der Waals surface area contributed by atoms with Crippen LogP contribution >= 0.6 is 0 Å². The van der Waals surface area contributed by atoms with E-state index >= 15 is 0 Å². The predicted molar refractivity (Wildman–Crippen MR) is 123 cm³/mol. The Morgan fingerprint density at radius 3 is 2.41 bits per heavy atom. The van der Waals surface area contributed by atoms with Gasteiger partial charge in [0.25, 0.3) is 5.91 Å². The molecule has 0 radical (unpaired) electrons. The Morgan fingerprint density at radius 1 is 1.09 bits per heavy atom. The van der Waals surface area contributed by atoms with Gasteiger partial charge in [-0.05, 0) is 25.0 Å². The Balaban J connectivity index is 1.46. The van der Waals surface area contributed by atoms with E-state index in [-0.39, 0.29) is 17.2 Å². The lowest BCUT2D eigenvalue weighted by molar-refractivity contribution is 0.0711. The number of carbonyl (C=O) groups excluding carboxylic acids is 1. The van der Waals surface area contributed by atoms with Crippen molar-refractivity contribution >= 4 is 11.7 Å². The molecule has 1 fully saturated rings. The van der Waals surface area contributed by atoms with E-state index in [9.17, 15) is 4.79 Å². The Kier molecular flexibility index (Phi) is 6.12. The van der Waals surface area contributed by atoms with Gasteiger partial charge in [0.15, 0.2) is 5.82 Å². The molecule has 0 aromatic carbocycles. The number of nitrogens with one attached hydrogen (secondary N) is 1. The van der Waals surface area contributed by atoms with Gasteiger partial charge in [-0.3, -0.25) is 9.78 Å². The van der Waals surface area contributed by atoms with Gasteiger partial charge in [0.05, 0.1) is 5.56 Å². The standard InChI is InChI=1S/C24H29N7O/c1-24(2,3)23-27-14-18(15-28-23)22(32)31-10-7-16(8-11-31)19-12-20(25-4)30-21(29-19)17-6-5-9-26-13-17/h5-6,9,12-16H,7-8,10-11H2,1-4H3,(H,25,29,30). The van der Waals surface area contributed by atoms with Gasteiger partial charge >= 0.3 is 0 Å². The molecule has 1 aliphatic heterocycles. The smallest absolute Gasteiger partial charge is 0.256 e. The summed E-state index contributed by atoms with van der Waals surface area (Å²) in [5.41, 5.74) is 2.28. The zero-order valence-electron chi connectivity index (χ0n) is 19.0. The molecule has 1 N–H and O–H groups in total. The predicted octanol–water partition coefficient (Wildman–Crippen LogP) is 3.69. The van der Waals surface area contributed by atoms with Crippen molar-refractivity contribution < 1.29 is 4.79 Å². The second kappa shape index (κ2) is 8.98. The molecule has 8 heteroatoms. The van der Waals surface area contributed by atoms with E-state index in [0.717, 1.165) is 35.7 Å². The number of piperidine rings is 1. The van der Waals surface area contributed by atoms with Gasteiger partial charge in [0.1, 0.15) is 11.6 Å². The number of aromatic nitrogens is 5. The third kappa shape index (κ3) is 4.74. The number of pyridine rings is 1. The van der Waals surface area contributed by atoms with Crippen LogP contribution in [0.1, 0.15) is 61.4 Å². The van der Waals surface area contributed by atoms with Crippen molar-refractivity contribution in [3.05, 3.63) is 60.1 Å². The van der Waals surface area contributed by atoms with Crippen molar-refractivity contribution in [1.82, 2.24) is 29.8 Å². The lowest BCUT2D eigenvalue weighted by Crippen LogP contribution is -2.38. The highest BCUT2D eigenvalue weighted by Crippen LogP contribution is 2.30. The monoisotopic (exact) mass is 431 g/mol. The summed E-state index contributed by atoms with van der Waals surface area (Å²) in [6.45, 7) is 7.51. The van der Waals surface area contributed by atoms with Crippen molar-refractivity contribution in [3.63, 3.8) is 0 Å². The average molecular weight is 432 g/mol. The summed E-state index contributed by atoms with van der Waals surface area (Å²) in [6, 6.07) is 5.84. The Morgan fingerprint density at radius 2 is 1.81 bits per heavy atom. The summed E-state index contributed by atoms with van der Waals surface area (Å²) in [5, 5.41) is 3.13. The number of anilines is 1. The van der Waals surface area contributed by atoms with Crippen LogP contribution in [-0.4, -0.2) is 55.9 Å². The van der Waals surface area contributed by atoms with E-state index in [4.69, 9.17) is 4.98 Å². The summed E-state index contributed by atoms with van der Waals surface area (Å²) in [7, 11) is 1.85. The highest BCUT2D eigenvalue weighted by atomic mass is 16.2. The van der Waals surface area contributed by atoms with Gasteiger partial charge in [-0.2, -0.15) is 0 Å². The maximum absolute atomic E-state index is 12.9. The highest BCUT2D eigenvalue weighted by molar-refractivity contribution is 5.93. The van der Waals surface area contributed by atoms with Crippen LogP contribution in [0, 0.1) is 0 Å². The number of likely N-dealkylation sites (tertiary alicyclic amines) is 1. The molecule has 3 aromatic heterocycles. The number of amides is 1. The van der Waals surface area contributed by atoms with Crippen LogP contribution in [0.2, 0.25) is 0 Å². The van der Waals surface area contributed by atoms with Crippen molar-refractivity contribution in [3.8, 4) is 11.4 Å². The maximum Gasteiger partial charge on any atom is 0.256 e. The molecule has 32 heavy (non-hydrogen) atoms. The first-order valence-electron chi connectivity index (χ1n) is 10.9. The molecule has 0 unspecified atom stereocenters. The summed E-state index contributed by atoms with van der Waals surface area (Å²) >= 11 is 0. The van der Waals surface area contributed by atoms with Gasteiger partial charge in [-0.25, -0.2) is 19.9 Å². The maximum atomic E-state index is 12.9. The minimum atomic E-state index is -0.141. The van der Waals surface area contributed by atoms with Crippen molar-refractivity contribution in [2.45, 2.75) is 44.9 Å². The van der Waals surface area contributed by atoms with E-state index in [1.807, 2.05) is 30.1 Å². The molecule has 166 valence electrons. The zero-order valence-corrected chi connectivity index (χ0v) is 19.0. The van der Waals surface area contributed by atoms with Crippen LogP contribution < -0.4 is 5.32 Å². The fourth-order valence-electron chi connectivity index (χ4n) is 3.81. The highest BCUT2D eigenvalue weighted by Gasteiger charge is 2.27. The molecule has 8 nitrogen and oxygen atoms in total. The van der Waals surface area contributed by atoms with E-state index < -0.39 is 0 Å². The molecule has 0 aliphatic carbocycles. The third-order valence-electron chi connectivity index (χ3n) is 5.69. The normalized spacial score (nSPS) is 14.9. The van der Waals surface area contributed by atoms with Gasteiger partial charge in [-0.15, -0.1) is 0 Å². The lowest BCUT2D eigenvalue weighted by atomic mass is 9.92. The first-order valence-corrected chi connectivity index (χ1v) is 10.9. The van der Waals surface area contributed by atoms with Crippen LogP contribution in [0.5, 0.6) is 0 Å². The molecule has 4 rings (SSSR count). The second-order valence-corrected chi connectivity index (χ2v) is 9.11. The fourth-order valence-corrected chi connectivity index (χ4v) is 3.81. The SMILES string of the molecule is CNc1cc(C2CCN(C(=O)c3cnc(C(C)(C)C)nc3)CC2)nc(-c2cccnc2)n1. The second-order valence-electron chi connectivity index (χ2n) is 9.11. The minimum absolute atomic E-state index is 0.0152. The zero-order chi connectivity index (χ0) is 22.7. The molecule has 1 aliphatic rings. The number of carbonyl (C=O) groups is 1. The quantitative estimate of drug-likeness (QED) is 0.673. The summed E-state index contributed by atoms with van der Waals surface area (Å²) in [4.78, 5) is 37.2. The molecule has 0 atom stereocenters. The molecule has 3 aromatic rings. The summed E-state index contributed by atoms with van der Waals surface area (Å²) in [5.74, 6) is 2.43. The largest absolute Gasteiger partial charge is 0.373 e. The number of hydrogen-bond donors (Lipinski definition) is 1. The van der Waals surface area contributed by atoms with E-state index in [2.05, 4.69) is 46.0 Å². The first-order chi connectivity index (χ1) is 15.3. The van der Waals surface area contributed by atoms with Gasteiger partial charge in [-0.1, -0.05) is 20.8 Å². The molecule has 0 bridgehead atoms. The van der Waals surface area contributed by atoms with Gasteiger partial charge < -0.3 is 10.2 Å². The number of nitrogens with zero attached hydrogens (tertiary/aromatic N) is 6. The molecule has 0 spiro atoms. The molecular formula is C24H29N7O. The van der Waals surface area contributed by atoms with Crippen LogP contribution in [-0.2, 0) is 5.41 Å². The average Bonchev–Trinajstić information content (AvgIpc) is 2.83. The Labute approximate surface area is 188 Å². The molecule has 1 saturated heterocycles. The molecule has 4 heterocycles. The number of hydrogen-bond acceptors (Lipinski definition) is 7. The van der Waals surface area contributed by atoms with E-state index in [0.29, 0.717) is 24.5 Å². The molecule has 0 saturated carbocycles. The van der Waals surface area contributed by atoms with Crippen molar-refractivity contribution in [1.29, 1.82) is 0 Å². The third-order valence-corrected chi connectivity index (χ3v) is 5.69. The number of rotatable bonds is 4. The Hall–Kier alpha value is -3.42. The van der Waals surface area contributed by atoms with Crippen LogP contribution in [0.3, 0.4) is 0 Å². The van der Waals surface area contributed by atoms with Crippen LogP contribution in [0.4, 0.5) is 5.82 Å². The van der Waals surface area contributed by atoms with Crippen LogP contribution in [0.25, 0.3) is 11.4 Å². The minimum Gasteiger partial charge on any atom is -0.373 e.